The summed E-state index contributed by atoms with van der Waals surface area (Å²) < 4.78 is 24.2. The predicted molar refractivity (Wildman–Crippen MR) is 115 cm³/mol. The molecule has 0 aliphatic heterocycles. The summed E-state index contributed by atoms with van der Waals surface area (Å²) >= 11 is 0. The third-order valence-electron chi connectivity index (χ3n) is 4.20. The average molecular weight is 408 g/mol. The van der Waals surface area contributed by atoms with Gasteiger partial charge in [-0.1, -0.05) is 36.4 Å². The van der Waals surface area contributed by atoms with Gasteiger partial charge in [-0.2, -0.15) is 0 Å². The van der Waals surface area contributed by atoms with E-state index in [-0.39, 0.29) is 5.82 Å². The third-order valence-corrected chi connectivity index (χ3v) is 4.20. The molecule has 0 unspecified atom stereocenters. The zero-order chi connectivity index (χ0) is 21.0. The van der Waals surface area contributed by atoms with Crippen LogP contribution < -0.4 is 20.1 Å². The standard InChI is InChI=1S/C23H25FN4O2/c1-25-23(27-15-18-7-10-20(24)11-8-18)28-17-19-9-12-22(26-16-19)30-14-13-29-21-5-3-2-4-6-21/h2-12,16H,13-15,17H2,1H3,(H2,25,27,28). The Hall–Kier alpha value is -3.61. The number of aliphatic imine (C=N–C) groups is 1. The van der Waals surface area contributed by atoms with Crippen molar-refractivity contribution in [1.29, 1.82) is 0 Å². The summed E-state index contributed by atoms with van der Waals surface area (Å²) in [6.07, 6.45) is 1.76. The van der Waals surface area contributed by atoms with Gasteiger partial charge in [0.25, 0.3) is 0 Å². The molecule has 0 atom stereocenters. The van der Waals surface area contributed by atoms with Crippen molar-refractivity contribution in [1.82, 2.24) is 15.6 Å². The van der Waals surface area contributed by atoms with Crippen molar-refractivity contribution >= 4 is 5.96 Å². The van der Waals surface area contributed by atoms with Gasteiger partial charge in [-0.15, -0.1) is 0 Å². The highest BCUT2D eigenvalue weighted by Gasteiger charge is 2.02. The van der Waals surface area contributed by atoms with Crippen LogP contribution in [0.25, 0.3) is 0 Å². The molecular weight excluding hydrogens is 383 g/mol. The van der Waals surface area contributed by atoms with Crippen molar-refractivity contribution in [2.45, 2.75) is 13.1 Å². The summed E-state index contributed by atoms with van der Waals surface area (Å²) in [5, 5.41) is 6.41. The number of aromatic nitrogens is 1. The van der Waals surface area contributed by atoms with Crippen molar-refractivity contribution in [3.05, 3.63) is 89.9 Å². The Labute approximate surface area is 175 Å². The van der Waals surface area contributed by atoms with Crippen LogP contribution in [0.5, 0.6) is 11.6 Å². The summed E-state index contributed by atoms with van der Waals surface area (Å²) in [7, 11) is 1.70. The monoisotopic (exact) mass is 408 g/mol. The minimum Gasteiger partial charge on any atom is -0.490 e. The number of rotatable bonds is 9. The van der Waals surface area contributed by atoms with Gasteiger partial charge in [0.05, 0.1) is 0 Å². The van der Waals surface area contributed by atoms with Gasteiger partial charge in [-0.25, -0.2) is 9.37 Å². The van der Waals surface area contributed by atoms with Crippen LogP contribution in [0.2, 0.25) is 0 Å². The van der Waals surface area contributed by atoms with E-state index in [1.54, 1.807) is 25.4 Å². The van der Waals surface area contributed by atoms with Gasteiger partial charge in [0, 0.05) is 32.4 Å². The Morgan fingerprint density at radius 1 is 0.867 bits per heavy atom. The van der Waals surface area contributed by atoms with Crippen molar-refractivity contribution < 1.29 is 13.9 Å². The number of pyridine rings is 1. The molecule has 1 aromatic heterocycles. The van der Waals surface area contributed by atoms with Crippen molar-refractivity contribution in [3.8, 4) is 11.6 Å². The molecule has 0 fully saturated rings. The fourth-order valence-corrected chi connectivity index (χ4v) is 2.62. The van der Waals surface area contributed by atoms with E-state index in [4.69, 9.17) is 9.47 Å². The molecular formula is C23H25FN4O2. The van der Waals surface area contributed by atoms with Crippen LogP contribution in [0.15, 0.2) is 77.9 Å². The van der Waals surface area contributed by atoms with Crippen molar-refractivity contribution in [2.24, 2.45) is 4.99 Å². The van der Waals surface area contributed by atoms with Crippen LogP contribution in [0.4, 0.5) is 4.39 Å². The highest BCUT2D eigenvalue weighted by Crippen LogP contribution is 2.10. The van der Waals surface area contributed by atoms with E-state index in [2.05, 4.69) is 20.6 Å². The number of nitrogens with one attached hydrogen (secondary N) is 2. The zero-order valence-corrected chi connectivity index (χ0v) is 16.8. The lowest BCUT2D eigenvalue weighted by Crippen LogP contribution is -2.36. The van der Waals surface area contributed by atoms with E-state index in [0.717, 1.165) is 16.9 Å². The number of halogens is 1. The van der Waals surface area contributed by atoms with Gasteiger partial charge >= 0.3 is 0 Å². The molecule has 0 aliphatic rings. The normalized spacial score (nSPS) is 11.1. The maximum absolute atomic E-state index is 13.0. The molecule has 30 heavy (non-hydrogen) atoms. The Kier molecular flexibility index (Phi) is 8.02. The number of para-hydroxylation sites is 1. The molecule has 6 nitrogen and oxygen atoms in total. The molecule has 0 saturated heterocycles. The predicted octanol–water partition coefficient (Wildman–Crippen LogP) is 3.54. The number of ether oxygens (including phenoxy) is 2. The highest BCUT2D eigenvalue weighted by atomic mass is 19.1. The number of hydrogen-bond donors (Lipinski definition) is 2. The molecule has 0 amide bonds. The molecule has 2 aromatic carbocycles. The van der Waals surface area contributed by atoms with Gasteiger partial charge in [0.15, 0.2) is 5.96 Å². The summed E-state index contributed by atoms with van der Waals surface area (Å²) in [6.45, 7) is 1.98. The first-order chi connectivity index (χ1) is 14.7. The number of guanidine groups is 1. The second-order valence-corrected chi connectivity index (χ2v) is 6.42. The quantitative estimate of drug-likeness (QED) is 0.322. The third kappa shape index (κ3) is 7.09. The number of benzene rings is 2. The van der Waals surface area contributed by atoms with E-state index < -0.39 is 0 Å². The van der Waals surface area contributed by atoms with E-state index >= 15 is 0 Å². The molecule has 0 saturated carbocycles. The van der Waals surface area contributed by atoms with Gasteiger partial charge in [-0.05, 0) is 35.4 Å². The van der Waals surface area contributed by atoms with Gasteiger partial charge in [0.2, 0.25) is 5.88 Å². The smallest absolute Gasteiger partial charge is 0.213 e. The average Bonchev–Trinajstić information content (AvgIpc) is 2.79. The minimum atomic E-state index is -0.245. The maximum atomic E-state index is 13.0. The second-order valence-electron chi connectivity index (χ2n) is 6.42. The molecule has 7 heteroatoms. The summed E-state index contributed by atoms with van der Waals surface area (Å²) in [5.41, 5.74) is 1.96. The lowest BCUT2D eigenvalue weighted by molar-refractivity contribution is 0.212. The SMILES string of the molecule is CN=C(NCc1ccc(F)cc1)NCc1ccc(OCCOc2ccccc2)nc1. The molecule has 156 valence electrons. The Morgan fingerprint density at radius 2 is 1.53 bits per heavy atom. The summed E-state index contributed by atoms with van der Waals surface area (Å²) in [4.78, 5) is 8.50. The van der Waals surface area contributed by atoms with Crippen molar-refractivity contribution in [2.75, 3.05) is 20.3 Å². The fraction of sp³-hybridized carbons (Fsp3) is 0.217. The topological polar surface area (TPSA) is 67.8 Å². The molecule has 0 radical (unpaired) electrons. The molecule has 2 N–H and O–H groups in total. The molecule has 3 aromatic rings. The van der Waals surface area contributed by atoms with E-state index in [9.17, 15) is 4.39 Å². The summed E-state index contributed by atoms with van der Waals surface area (Å²) in [6, 6.07) is 19.7. The molecule has 0 spiro atoms. The number of nitrogens with zero attached hydrogens (tertiary/aromatic N) is 2. The molecule has 0 aliphatic carbocycles. The van der Waals surface area contributed by atoms with E-state index in [1.165, 1.54) is 12.1 Å². The first-order valence-electron chi connectivity index (χ1n) is 9.67. The molecule has 3 rings (SSSR count). The van der Waals surface area contributed by atoms with E-state index in [0.29, 0.717) is 38.1 Å². The molecule has 1 heterocycles. The van der Waals surface area contributed by atoms with E-state index in [1.807, 2.05) is 42.5 Å². The van der Waals surface area contributed by atoms with Gasteiger partial charge in [0.1, 0.15) is 24.8 Å². The van der Waals surface area contributed by atoms with Crippen LogP contribution in [-0.2, 0) is 13.1 Å². The Morgan fingerprint density at radius 3 is 2.20 bits per heavy atom. The van der Waals surface area contributed by atoms with Crippen LogP contribution in [-0.4, -0.2) is 31.2 Å². The lowest BCUT2D eigenvalue weighted by Gasteiger charge is -2.12. The largest absolute Gasteiger partial charge is 0.490 e. The lowest BCUT2D eigenvalue weighted by atomic mass is 10.2. The first-order valence-corrected chi connectivity index (χ1v) is 9.67. The highest BCUT2D eigenvalue weighted by molar-refractivity contribution is 5.79. The first kappa shape index (κ1) is 21.1. The molecule has 0 bridgehead atoms. The van der Waals surface area contributed by atoms with Crippen LogP contribution in [0.3, 0.4) is 0 Å². The van der Waals surface area contributed by atoms with Crippen molar-refractivity contribution in [3.63, 3.8) is 0 Å². The van der Waals surface area contributed by atoms with Crippen LogP contribution >= 0.6 is 0 Å². The zero-order valence-electron chi connectivity index (χ0n) is 16.8. The fourth-order valence-electron chi connectivity index (χ4n) is 2.62. The van der Waals surface area contributed by atoms with Crippen LogP contribution in [0, 0.1) is 5.82 Å². The minimum absolute atomic E-state index is 0.245. The van der Waals surface area contributed by atoms with Gasteiger partial charge < -0.3 is 20.1 Å². The Balaban J connectivity index is 1.37. The Bertz CT molecular complexity index is 916. The maximum Gasteiger partial charge on any atom is 0.213 e. The van der Waals surface area contributed by atoms with Gasteiger partial charge in [-0.3, -0.25) is 4.99 Å². The number of hydrogen-bond acceptors (Lipinski definition) is 4. The van der Waals surface area contributed by atoms with Crippen LogP contribution in [0.1, 0.15) is 11.1 Å². The summed E-state index contributed by atoms with van der Waals surface area (Å²) in [5.74, 6) is 1.77. The second kappa shape index (κ2) is 11.4.